The molecule has 0 radical (unpaired) electrons. The van der Waals surface area contributed by atoms with Crippen molar-refractivity contribution < 1.29 is 19.5 Å². The summed E-state index contributed by atoms with van der Waals surface area (Å²) in [5.74, 6) is 1.63. The molecule has 0 aromatic heterocycles. The van der Waals surface area contributed by atoms with Gasteiger partial charge in [-0.1, -0.05) is 117 Å². The summed E-state index contributed by atoms with van der Waals surface area (Å²) >= 11 is 0. The van der Waals surface area contributed by atoms with Gasteiger partial charge in [0.1, 0.15) is 18.6 Å². The minimum Gasteiger partial charge on any atom is -0.508 e. The van der Waals surface area contributed by atoms with Crippen LogP contribution in [0.25, 0.3) is 11.8 Å². The van der Waals surface area contributed by atoms with Gasteiger partial charge in [0.25, 0.3) is 0 Å². The van der Waals surface area contributed by atoms with Crippen molar-refractivity contribution >= 4 is 24.1 Å². The number of para-hydroxylation sites is 1. The van der Waals surface area contributed by atoms with Crippen LogP contribution in [0.3, 0.4) is 0 Å². The molecule has 3 aromatic rings. The third-order valence-electron chi connectivity index (χ3n) is 6.92. The summed E-state index contributed by atoms with van der Waals surface area (Å²) in [5.41, 5.74) is 4.97. The Morgan fingerprint density at radius 1 is 0.976 bits per heavy atom. The molecule has 0 bridgehead atoms. The number of hydrogen-bond donors (Lipinski definition) is 2. The van der Waals surface area contributed by atoms with Crippen LogP contribution in [0.5, 0.6) is 5.75 Å². The fraction of sp³-hybridized carbons (Fsp3) is 0.314. The van der Waals surface area contributed by atoms with Gasteiger partial charge in [-0.3, -0.25) is 4.79 Å². The number of nitrogens with zero attached hydrogens (tertiary/aromatic N) is 1. The average molecular weight is 555 g/mol. The molecule has 0 spiro atoms. The fourth-order valence-corrected chi connectivity index (χ4v) is 4.59. The molecule has 1 unspecified atom stereocenters. The van der Waals surface area contributed by atoms with E-state index < -0.39 is 0 Å². The van der Waals surface area contributed by atoms with Crippen LogP contribution in [0, 0.1) is 5.92 Å². The molecule has 41 heavy (non-hydrogen) atoms. The zero-order chi connectivity index (χ0) is 29.3. The number of allylic oxidation sites excluding steroid dienone is 1. The van der Waals surface area contributed by atoms with Crippen molar-refractivity contribution in [3.8, 4) is 5.75 Å². The number of benzene rings is 3. The second-order valence-corrected chi connectivity index (χ2v) is 10.0. The molecule has 3 aromatic carbocycles. The molecule has 0 heterocycles. The molecule has 0 fully saturated rings. The zero-order valence-electron chi connectivity index (χ0n) is 24.2. The number of rotatable bonds is 17. The highest BCUT2D eigenvalue weighted by molar-refractivity contribution is 6.03. The number of amides is 1. The molecular weight excluding hydrogens is 512 g/mol. The number of oxime groups is 1. The minimum absolute atomic E-state index is 0.0779. The molecule has 0 aliphatic carbocycles. The molecule has 6 nitrogen and oxygen atoms in total. The Hall–Kier alpha value is -4.32. The summed E-state index contributed by atoms with van der Waals surface area (Å²) in [5, 5.41) is 16.1. The van der Waals surface area contributed by atoms with Crippen LogP contribution in [0.2, 0.25) is 0 Å². The molecule has 216 valence electrons. The summed E-state index contributed by atoms with van der Waals surface area (Å²) in [6, 6.07) is 24.1. The van der Waals surface area contributed by atoms with Gasteiger partial charge in [-0.15, -0.1) is 0 Å². The van der Waals surface area contributed by atoms with E-state index >= 15 is 0 Å². The number of amidine groups is 1. The number of nitrogens with one attached hydrogen (secondary N) is 1. The second-order valence-electron chi connectivity index (χ2n) is 10.0. The van der Waals surface area contributed by atoms with Gasteiger partial charge < -0.3 is 20.0 Å². The largest absolute Gasteiger partial charge is 0.508 e. The molecule has 1 amide bonds. The molecule has 6 heteroatoms. The van der Waals surface area contributed by atoms with Gasteiger partial charge in [0, 0.05) is 16.7 Å². The lowest BCUT2D eigenvalue weighted by molar-refractivity contribution is -0.108. The van der Waals surface area contributed by atoms with Gasteiger partial charge in [-0.05, 0) is 48.8 Å². The lowest BCUT2D eigenvalue weighted by Gasteiger charge is -2.15. The van der Waals surface area contributed by atoms with Crippen molar-refractivity contribution in [3.05, 3.63) is 113 Å². The quantitative estimate of drug-likeness (QED) is 0.0447. The lowest BCUT2D eigenvalue weighted by Crippen LogP contribution is -2.22. The maximum atomic E-state index is 10.9. The molecule has 0 saturated carbocycles. The number of aliphatic hydroxyl groups is 1. The van der Waals surface area contributed by atoms with Crippen molar-refractivity contribution in [2.75, 3.05) is 13.7 Å². The summed E-state index contributed by atoms with van der Waals surface area (Å²) in [7, 11) is 1.45. The smallest absolute Gasteiger partial charge is 0.212 e. The molecule has 0 aliphatic rings. The van der Waals surface area contributed by atoms with E-state index in [2.05, 4.69) is 54.3 Å². The van der Waals surface area contributed by atoms with E-state index in [1.807, 2.05) is 54.6 Å². The van der Waals surface area contributed by atoms with E-state index in [-0.39, 0.29) is 11.7 Å². The van der Waals surface area contributed by atoms with Crippen LogP contribution in [0.15, 0.2) is 90.6 Å². The second kappa shape index (κ2) is 17.4. The Labute approximate surface area is 244 Å². The number of hydrogen-bond acceptors (Lipinski definition) is 5. The molecule has 1 atom stereocenters. The molecular formula is C35H42N2O4. The Morgan fingerprint density at radius 3 is 2.37 bits per heavy atom. The third-order valence-corrected chi connectivity index (χ3v) is 6.92. The van der Waals surface area contributed by atoms with Crippen molar-refractivity contribution in [3.63, 3.8) is 0 Å². The first kappa shape index (κ1) is 31.2. The minimum atomic E-state index is 0.0779. The number of aryl methyl sites for hydroxylation is 1. The van der Waals surface area contributed by atoms with Crippen LogP contribution >= 0.6 is 0 Å². The lowest BCUT2D eigenvalue weighted by atomic mass is 9.91. The first-order chi connectivity index (χ1) is 20.0. The summed E-state index contributed by atoms with van der Waals surface area (Å²) in [6.45, 7) is 6.55. The highest BCUT2D eigenvalue weighted by Gasteiger charge is 2.11. The molecule has 3 rings (SSSR count). The van der Waals surface area contributed by atoms with Gasteiger partial charge >= 0.3 is 0 Å². The van der Waals surface area contributed by atoms with Gasteiger partial charge in [-0.25, -0.2) is 0 Å². The van der Waals surface area contributed by atoms with Gasteiger partial charge in [0.05, 0.1) is 6.61 Å². The normalized spacial score (nSPS) is 12.2. The SMILES string of the molecule is C=C(O)c1ccc(CCC(/C=C/c2ccccc2OCCCCCC)Cc2ccc(/C(=N/OC)NC=O)cc2)cc1. The maximum absolute atomic E-state index is 10.9. The van der Waals surface area contributed by atoms with E-state index in [4.69, 9.17) is 9.57 Å². The Kier molecular flexibility index (Phi) is 13.2. The predicted octanol–water partition coefficient (Wildman–Crippen LogP) is 7.73. The number of ether oxygens (including phenoxy) is 1. The fourth-order valence-electron chi connectivity index (χ4n) is 4.59. The first-order valence-electron chi connectivity index (χ1n) is 14.3. The zero-order valence-corrected chi connectivity index (χ0v) is 24.2. The number of carbonyl (C=O) groups is 1. The predicted molar refractivity (Wildman–Crippen MR) is 168 cm³/mol. The maximum Gasteiger partial charge on any atom is 0.212 e. The van der Waals surface area contributed by atoms with Crippen LogP contribution in [-0.2, 0) is 22.5 Å². The van der Waals surface area contributed by atoms with Gasteiger partial charge in [-0.2, -0.15) is 0 Å². The molecule has 2 N–H and O–H groups in total. The van der Waals surface area contributed by atoms with Crippen molar-refractivity contribution in [2.45, 2.75) is 51.9 Å². The van der Waals surface area contributed by atoms with E-state index in [0.29, 0.717) is 12.2 Å². The van der Waals surface area contributed by atoms with E-state index in [1.54, 1.807) is 0 Å². The monoisotopic (exact) mass is 554 g/mol. The number of unbranched alkanes of at least 4 members (excludes halogenated alkanes) is 3. The summed E-state index contributed by atoms with van der Waals surface area (Å²) < 4.78 is 6.14. The molecule has 0 saturated heterocycles. The number of aliphatic hydroxyl groups excluding tert-OH is 1. The van der Waals surface area contributed by atoms with E-state index in [9.17, 15) is 9.90 Å². The number of carbonyl (C=O) groups excluding carboxylic acids is 1. The van der Waals surface area contributed by atoms with Crippen LogP contribution in [-0.4, -0.2) is 31.1 Å². The van der Waals surface area contributed by atoms with E-state index in [1.165, 1.54) is 37.5 Å². The van der Waals surface area contributed by atoms with Crippen molar-refractivity contribution in [1.29, 1.82) is 0 Å². The Balaban J connectivity index is 1.76. The first-order valence-corrected chi connectivity index (χ1v) is 14.3. The highest BCUT2D eigenvalue weighted by Crippen LogP contribution is 2.24. The Morgan fingerprint density at radius 2 is 1.68 bits per heavy atom. The van der Waals surface area contributed by atoms with Gasteiger partial charge in [0.2, 0.25) is 6.41 Å². The van der Waals surface area contributed by atoms with Crippen molar-refractivity contribution in [1.82, 2.24) is 5.32 Å². The average Bonchev–Trinajstić information content (AvgIpc) is 2.99. The summed E-state index contributed by atoms with van der Waals surface area (Å²) in [6.07, 6.45) is 12.4. The van der Waals surface area contributed by atoms with E-state index in [0.717, 1.165) is 54.7 Å². The topological polar surface area (TPSA) is 80.2 Å². The van der Waals surface area contributed by atoms with Crippen LogP contribution in [0.1, 0.15) is 66.8 Å². The standard InChI is InChI=1S/C35H42N2O4/c1-4-5-6-9-24-41-34-11-8-7-10-32(34)21-16-29(13-12-28-14-19-31(20-15-28)27(2)39)25-30-17-22-33(23-18-30)35(36-26-38)37-40-3/h7-8,10-11,14-23,26,29,39H,2,4-6,9,12-13,24-25H2,1,3H3,(H,36,37,38)/b21-16+. The van der Waals surface area contributed by atoms with Crippen LogP contribution < -0.4 is 10.1 Å². The summed E-state index contributed by atoms with van der Waals surface area (Å²) in [4.78, 5) is 15.8. The van der Waals surface area contributed by atoms with Gasteiger partial charge in [0.15, 0.2) is 5.84 Å². The Bertz CT molecular complexity index is 1280. The third kappa shape index (κ3) is 10.6. The molecule has 0 aliphatic heterocycles. The van der Waals surface area contributed by atoms with Crippen LogP contribution in [0.4, 0.5) is 0 Å². The van der Waals surface area contributed by atoms with Crippen molar-refractivity contribution in [2.24, 2.45) is 11.1 Å². The highest BCUT2D eigenvalue weighted by atomic mass is 16.6.